The van der Waals surface area contributed by atoms with Gasteiger partial charge in [0.2, 0.25) is 0 Å². The Morgan fingerprint density at radius 1 is 1.24 bits per heavy atom. The van der Waals surface area contributed by atoms with Crippen LogP contribution in [-0.4, -0.2) is 16.1 Å². The molecule has 17 heavy (non-hydrogen) atoms. The molecule has 2 heteroatoms. The van der Waals surface area contributed by atoms with Crippen molar-refractivity contribution in [3.63, 3.8) is 0 Å². The Labute approximate surface area is 121 Å². The van der Waals surface area contributed by atoms with Crippen LogP contribution in [0.5, 0.6) is 0 Å². The summed E-state index contributed by atoms with van der Waals surface area (Å²) in [5.41, 5.74) is 1.73. The van der Waals surface area contributed by atoms with Crippen LogP contribution in [-0.2, 0) is 0 Å². The van der Waals surface area contributed by atoms with Crippen LogP contribution in [0.4, 0.5) is 0 Å². The molecule has 1 N–H and O–H groups in total. The van der Waals surface area contributed by atoms with E-state index in [4.69, 9.17) is 0 Å². The number of unbranched alkanes of at least 4 members (excludes halogenated alkanes) is 1. The third-order valence-corrected chi connectivity index (χ3v) is 5.48. The molecule has 0 heterocycles. The molecule has 1 nitrogen and oxygen atoms in total. The zero-order valence-electron chi connectivity index (χ0n) is 12.1. The van der Waals surface area contributed by atoms with Crippen molar-refractivity contribution in [1.82, 2.24) is 0 Å². The molecule has 102 valence electrons. The third-order valence-electron chi connectivity index (χ3n) is 3.74. The molecule has 0 aliphatic rings. The Hall–Kier alpha value is 0.430. The molecule has 0 aromatic heterocycles. The summed E-state index contributed by atoms with van der Waals surface area (Å²) in [6.45, 7) is 11.5. The monoisotopic (exact) mass is 352 g/mol. The first-order chi connectivity index (χ1) is 7.85. The fraction of sp³-hybridized carbons (Fsp3) is 0.867. The predicted octanol–water partition coefficient (Wildman–Crippen LogP) is 4.97. The van der Waals surface area contributed by atoms with Crippen molar-refractivity contribution < 1.29 is 5.11 Å². The molecule has 0 saturated heterocycles. The van der Waals surface area contributed by atoms with Crippen molar-refractivity contribution in [3.8, 4) is 0 Å². The third kappa shape index (κ3) is 5.73. The number of aliphatic hydroxyl groups is 1. The van der Waals surface area contributed by atoms with Crippen LogP contribution in [0.25, 0.3) is 0 Å². The standard InChI is InChI=1S/C15H29IO/c1-6-8-9-13(14(3,4)7-2)10-15(5,11-16)12-17/h10,17H,6-9,11-12H2,1-5H3/b13-10-/t15-/m0/s1. The van der Waals surface area contributed by atoms with E-state index in [1.54, 1.807) is 0 Å². The van der Waals surface area contributed by atoms with Gasteiger partial charge in [0.05, 0.1) is 6.61 Å². The molecule has 0 aliphatic heterocycles. The van der Waals surface area contributed by atoms with E-state index in [0.717, 1.165) is 10.8 Å². The number of hydrogen-bond acceptors (Lipinski definition) is 1. The van der Waals surface area contributed by atoms with E-state index in [2.05, 4.69) is 63.3 Å². The summed E-state index contributed by atoms with van der Waals surface area (Å²) in [5.74, 6) is 0. The molecular weight excluding hydrogens is 323 g/mol. The van der Waals surface area contributed by atoms with Crippen LogP contribution >= 0.6 is 22.6 Å². The first kappa shape index (κ1) is 17.4. The molecule has 0 bridgehead atoms. The van der Waals surface area contributed by atoms with Crippen LogP contribution in [0.3, 0.4) is 0 Å². The molecule has 0 spiro atoms. The van der Waals surface area contributed by atoms with Gasteiger partial charge in [0.25, 0.3) is 0 Å². The summed E-state index contributed by atoms with van der Waals surface area (Å²) in [7, 11) is 0. The minimum atomic E-state index is -0.0594. The molecule has 0 rings (SSSR count). The highest BCUT2D eigenvalue weighted by atomic mass is 127. The van der Waals surface area contributed by atoms with Gasteiger partial charge in [-0.3, -0.25) is 0 Å². The number of halogens is 1. The number of aliphatic hydroxyl groups excluding tert-OH is 1. The molecule has 0 aromatic carbocycles. The van der Waals surface area contributed by atoms with E-state index in [9.17, 15) is 5.11 Å². The summed E-state index contributed by atoms with van der Waals surface area (Å²) in [4.78, 5) is 0. The second kappa shape index (κ2) is 7.78. The predicted molar refractivity (Wildman–Crippen MR) is 85.8 cm³/mol. The zero-order valence-corrected chi connectivity index (χ0v) is 14.3. The van der Waals surface area contributed by atoms with Crippen LogP contribution in [0, 0.1) is 10.8 Å². The Morgan fingerprint density at radius 2 is 1.82 bits per heavy atom. The number of alkyl halides is 1. The molecule has 0 aliphatic carbocycles. The van der Waals surface area contributed by atoms with Crippen LogP contribution < -0.4 is 0 Å². The molecule has 0 amide bonds. The van der Waals surface area contributed by atoms with E-state index in [1.165, 1.54) is 24.8 Å². The average Bonchev–Trinajstić information content (AvgIpc) is 2.33. The Bertz CT molecular complexity index is 239. The summed E-state index contributed by atoms with van der Waals surface area (Å²) in [6, 6.07) is 0. The number of allylic oxidation sites excluding steroid dienone is 1. The quantitative estimate of drug-likeness (QED) is 0.371. The lowest BCUT2D eigenvalue weighted by atomic mass is 9.76. The normalized spacial score (nSPS) is 17.0. The second-order valence-corrected chi connectivity index (χ2v) is 6.72. The highest BCUT2D eigenvalue weighted by Gasteiger charge is 2.26. The van der Waals surface area contributed by atoms with E-state index in [0.29, 0.717) is 0 Å². The average molecular weight is 352 g/mol. The van der Waals surface area contributed by atoms with E-state index < -0.39 is 0 Å². The van der Waals surface area contributed by atoms with Crippen LogP contribution in [0.2, 0.25) is 0 Å². The van der Waals surface area contributed by atoms with Crippen molar-refractivity contribution in [2.45, 2.75) is 60.3 Å². The first-order valence-corrected chi connectivity index (χ1v) is 8.26. The maximum Gasteiger partial charge on any atom is 0.0526 e. The molecular formula is C15H29IO. The maximum atomic E-state index is 9.55. The van der Waals surface area contributed by atoms with Gasteiger partial charge in [-0.05, 0) is 24.7 Å². The van der Waals surface area contributed by atoms with E-state index >= 15 is 0 Å². The van der Waals surface area contributed by atoms with Gasteiger partial charge in [-0.15, -0.1) is 0 Å². The maximum absolute atomic E-state index is 9.55. The molecule has 0 unspecified atom stereocenters. The summed E-state index contributed by atoms with van der Waals surface area (Å²) in [5, 5.41) is 9.55. The minimum Gasteiger partial charge on any atom is -0.395 e. The summed E-state index contributed by atoms with van der Waals surface area (Å²) >= 11 is 2.37. The van der Waals surface area contributed by atoms with Gasteiger partial charge < -0.3 is 5.11 Å². The highest BCUT2D eigenvalue weighted by Crippen LogP contribution is 2.37. The molecule has 0 fully saturated rings. The van der Waals surface area contributed by atoms with Crippen molar-refractivity contribution in [2.75, 3.05) is 11.0 Å². The van der Waals surface area contributed by atoms with Gasteiger partial charge in [-0.25, -0.2) is 0 Å². The summed E-state index contributed by atoms with van der Waals surface area (Å²) in [6.07, 6.45) is 7.16. The number of rotatable bonds is 8. The summed E-state index contributed by atoms with van der Waals surface area (Å²) < 4.78 is 0.969. The molecule has 0 aromatic rings. The van der Waals surface area contributed by atoms with Gasteiger partial charge in [0.1, 0.15) is 0 Å². The number of hydrogen-bond donors (Lipinski definition) is 1. The van der Waals surface area contributed by atoms with Gasteiger partial charge >= 0.3 is 0 Å². The van der Waals surface area contributed by atoms with Gasteiger partial charge in [0.15, 0.2) is 0 Å². The van der Waals surface area contributed by atoms with Crippen molar-refractivity contribution in [2.24, 2.45) is 10.8 Å². The van der Waals surface area contributed by atoms with Crippen molar-refractivity contribution >= 4 is 22.6 Å². The van der Waals surface area contributed by atoms with Crippen LogP contribution in [0.1, 0.15) is 60.3 Å². The van der Waals surface area contributed by atoms with Crippen LogP contribution in [0.15, 0.2) is 11.6 Å². The Balaban J connectivity index is 5.09. The first-order valence-electron chi connectivity index (χ1n) is 6.74. The minimum absolute atomic E-state index is 0.0594. The Morgan fingerprint density at radius 3 is 2.18 bits per heavy atom. The molecule has 1 atom stereocenters. The van der Waals surface area contributed by atoms with Crippen molar-refractivity contribution in [1.29, 1.82) is 0 Å². The SMILES string of the molecule is CCCC/C(=C/[C@](C)(CO)CI)C(C)(C)CC. The molecule has 0 saturated carbocycles. The largest absolute Gasteiger partial charge is 0.395 e. The fourth-order valence-electron chi connectivity index (χ4n) is 1.75. The lowest BCUT2D eigenvalue weighted by Gasteiger charge is -2.31. The molecule has 0 radical (unpaired) electrons. The zero-order chi connectivity index (χ0) is 13.5. The van der Waals surface area contributed by atoms with E-state index in [1.807, 2.05) is 0 Å². The van der Waals surface area contributed by atoms with Gasteiger partial charge in [-0.1, -0.05) is 75.3 Å². The lowest BCUT2D eigenvalue weighted by molar-refractivity contribution is 0.202. The topological polar surface area (TPSA) is 20.2 Å². The smallest absolute Gasteiger partial charge is 0.0526 e. The lowest BCUT2D eigenvalue weighted by Crippen LogP contribution is -2.24. The second-order valence-electron chi connectivity index (χ2n) is 5.96. The van der Waals surface area contributed by atoms with E-state index in [-0.39, 0.29) is 17.4 Å². The Kier molecular flexibility index (Phi) is 7.97. The van der Waals surface area contributed by atoms with Crippen molar-refractivity contribution in [3.05, 3.63) is 11.6 Å². The van der Waals surface area contributed by atoms with Gasteiger partial charge in [-0.2, -0.15) is 0 Å². The highest BCUT2D eigenvalue weighted by molar-refractivity contribution is 14.1. The van der Waals surface area contributed by atoms with Gasteiger partial charge in [0, 0.05) is 9.84 Å². The fourth-order valence-corrected chi connectivity index (χ4v) is 2.21.